The number of amides is 2. The quantitative estimate of drug-likeness (QED) is 0.714. The summed E-state index contributed by atoms with van der Waals surface area (Å²) in [5.74, 6) is -3.47. The van der Waals surface area contributed by atoms with Crippen LogP contribution in [0.1, 0.15) is 42.6 Å². The van der Waals surface area contributed by atoms with Crippen LogP contribution in [0.25, 0.3) is 0 Å². The van der Waals surface area contributed by atoms with E-state index in [1.807, 2.05) is 13.8 Å². The molecule has 5 nitrogen and oxygen atoms in total. The lowest BCUT2D eigenvalue weighted by atomic mass is 10.1. The number of nitrogens with one attached hydrogen (secondary N) is 3. The first-order valence-corrected chi connectivity index (χ1v) is 8.09. The Morgan fingerprint density at radius 3 is 2.72 bits per heavy atom. The highest BCUT2D eigenvalue weighted by Crippen LogP contribution is 2.25. The summed E-state index contributed by atoms with van der Waals surface area (Å²) in [7, 11) is 0. The predicted molar refractivity (Wildman–Crippen MR) is 94.1 cm³/mol. The van der Waals surface area contributed by atoms with Crippen LogP contribution in [0.15, 0.2) is 24.3 Å². The van der Waals surface area contributed by atoms with Gasteiger partial charge < -0.3 is 10.6 Å². The predicted octanol–water partition coefficient (Wildman–Crippen LogP) is 2.25. The van der Waals surface area contributed by atoms with E-state index >= 15 is 0 Å². The Labute approximate surface area is 152 Å². The van der Waals surface area contributed by atoms with Crippen LogP contribution in [0.2, 0.25) is 0 Å². The Hall–Kier alpha value is -1.73. The minimum Gasteiger partial charge on any atom is -0.351 e. The Bertz CT molecular complexity index is 613. The fourth-order valence-corrected chi connectivity index (χ4v) is 2.44. The van der Waals surface area contributed by atoms with Crippen molar-refractivity contribution in [1.82, 2.24) is 16.0 Å². The maximum Gasteiger partial charge on any atom is 0.262 e. The van der Waals surface area contributed by atoms with Gasteiger partial charge in [-0.25, -0.2) is 8.78 Å². The number of halogens is 3. The van der Waals surface area contributed by atoms with Gasteiger partial charge in [0.1, 0.15) is 0 Å². The first kappa shape index (κ1) is 21.3. The molecule has 2 amide bonds. The number of benzene rings is 1. The van der Waals surface area contributed by atoms with E-state index in [4.69, 9.17) is 0 Å². The normalized spacial score (nSPS) is 19.6. The molecule has 0 spiro atoms. The third-order valence-electron chi connectivity index (χ3n) is 4.07. The second-order valence-corrected chi connectivity index (χ2v) is 6.19. The molecule has 0 saturated carbocycles. The molecule has 1 heterocycles. The van der Waals surface area contributed by atoms with Crippen molar-refractivity contribution in [3.05, 3.63) is 35.4 Å². The first-order chi connectivity index (χ1) is 11.3. The third kappa shape index (κ3) is 6.25. The number of alkyl halides is 2. The summed E-state index contributed by atoms with van der Waals surface area (Å²) in [6.45, 7) is 3.62. The highest BCUT2D eigenvalue weighted by atomic mass is 35.5. The molecule has 2 rings (SSSR count). The molecule has 0 bridgehead atoms. The minimum absolute atomic E-state index is 0. The molecule has 0 aromatic heterocycles. The van der Waals surface area contributed by atoms with Crippen molar-refractivity contribution in [2.24, 2.45) is 0 Å². The molecule has 1 aliphatic heterocycles. The fourth-order valence-electron chi connectivity index (χ4n) is 2.44. The molecule has 1 fully saturated rings. The average Bonchev–Trinajstić information content (AvgIpc) is 2.92. The minimum atomic E-state index is -2.84. The molecule has 25 heavy (non-hydrogen) atoms. The lowest BCUT2D eigenvalue weighted by molar-refractivity contribution is -0.123. The van der Waals surface area contributed by atoms with Gasteiger partial charge in [-0.05, 0) is 31.0 Å². The molecule has 1 saturated heterocycles. The molecule has 8 heteroatoms. The summed E-state index contributed by atoms with van der Waals surface area (Å²) < 4.78 is 26.2. The van der Waals surface area contributed by atoms with E-state index in [0.717, 1.165) is 12.0 Å². The zero-order valence-corrected chi connectivity index (χ0v) is 15.1. The largest absolute Gasteiger partial charge is 0.351 e. The summed E-state index contributed by atoms with van der Waals surface area (Å²) in [4.78, 5) is 24.0. The summed E-state index contributed by atoms with van der Waals surface area (Å²) in [5.41, 5.74) is 1.25. The van der Waals surface area contributed by atoms with Gasteiger partial charge in [0, 0.05) is 24.6 Å². The number of hydrogen-bond acceptors (Lipinski definition) is 3. The number of hydrogen-bond donors (Lipinski definition) is 3. The summed E-state index contributed by atoms with van der Waals surface area (Å²) in [5, 5.41) is 8.02. The standard InChI is InChI=1S/C17H23F2N3O2.ClH/c1-3-11(2)22-15(23)13-6-4-5-12(7-13)9-20-16(24)14-8-17(18,19)10-21-14;/h4-7,11,14,21H,3,8-10H2,1-2H3,(H,20,24)(H,22,23);1H. The van der Waals surface area contributed by atoms with Gasteiger partial charge >= 0.3 is 0 Å². The molecule has 2 unspecified atom stereocenters. The maximum absolute atomic E-state index is 13.1. The van der Waals surface area contributed by atoms with Gasteiger partial charge in [-0.2, -0.15) is 0 Å². The Balaban J connectivity index is 0.00000312. The highest BCUT2D eigenvalue weighted by molar-refractivity contribution is 5.94. The molecule has 0 radical (unpaired) electrons. The Kier molecular flexibility index (Phi) is 7.76. The third-order valence-corrected chi connectivity index (χ3v) is 4.07. The van der Waals surface area contributed by atoms with Crippen LogP contribution in [0.4, 0.5) is 8.78 Å². The van der Waals surface area contributed by atoms with Crippen LogP contribution in [0, 0.1) is 0 Å². The van der Waals surface area contributed by atoms with Gasteiger partial charge in [0.15, 0.2) is 0 Å². The smallest absolute Gasteiger partial charge is 0.262 e. The Morgan fingerprint density at radius 2 is 2.12 bits per heavy atom. The van der Waals surface area contributed by atoms with Gasteiger partial charge in [-0.3, -0.25) is 14.9 Å². The number of carbonyl (C=O) groups excluding carboxylic acids is 2. The van der Waals surface area contributed by atoms with E-state index in [0.29, 0.717) is 5.56 Å². The SMILES string of the molecule is CCC(C)NC(=O)c1cccc(CNC(=O)C2CC(F)(F)CN2)c1.Cl. The van der Waals surface area contributed by atoms with Crippen LogP contribution in [0.5, 0.6) is 0 Å². The van der Waals surface area contributed by atoms with Gasteiger partial charge in [-0.1, -0.05) is 19.1 Å². The van der Waals surface area contributed by atoms with E-state index in [1.165, 1.54) is 0 Å². The van der Waals surface area contributed by atoms with Crippen molar-refractivity contribution in [1.29, 1.82) is 0 Å². The van der Waals surface area contributed by atoms with Gasteiger partial charge in [0.2, 0.25) is 5.91 Å². The lowest BCUT2D eigenvalue weighted by Crippen LogP contribution is -2.40. The van der Waals surface area contributed by atoms with E-state index in [1.54, 1.807) is 24.3 Å². The van der Waals surface area contributed by atoms with Gasteiger partial charge in [0.25, 0.3) is 11.8 Å². The monoisotopic (exact) mass is 375 g/mol. The Morgan fingerprint density at radius 1 is 1.40 bits per heavy atom. The van der Waals surface area contributed by atoms with Crippen LogP contribution in [-0.2, 0) is 11.3 Å². The molecule has 1 aromatic rings. The summed E-state index contributed by atoms with van der Waals surface area (Å²) in [6.07, 6.45) is 0.344. The molecule has 140 valence electrons. The van der Waals surface area contributed by atoms with Crippen molar-refractivity contribution in [3.63, 3.8) is 0 Å². The van der Waals surface area contributed by atoms with Crippen LogP contribution in [0.3, 0.4) is 0 Å². The molecule has 1 aliphatic rings. The molecular formula is C17H24ClF2N3O2. The summed E-state index contributed by atoms with van der Waals surface area (Å²) in [6, 6.07) is 6.09. The zero-order valence-electron chi connectivity index (χ0n) is 14.3. The van der Waals surface area contributed by atoms with Crippen LogP contribution >= 0.6 is 12.4 Å². The fraction of sp³-hybridized carbons (Fsp3) is 0.529. The zero-order chi connectivity index (χ0) is 17.7. The molecule has 3 N–H and O–H groups in total. The second-order valence-electron chi connectivity index (χ2n) is 6.19. The van der Waals surface area contributed by atoms with E-state index in [-0.39, 0.29) is 30.9 Å². The lowest BCUT2D eigenvalue weighted by Gasteiger charge is -2.13. The molecule has 1 aromatic carbocycles. The van der Waals surface area contributed by atoms with Crippen LogP contribution < -0.4 is 16.0 Å². The van der Waals surface area contributed by atoms with Gasteiger partial charge in [-0.15, -0.1) is 12.4 Å². The van der Waals surface area contributed by atoms with E-state index in [2.05, 4.69) is 16.0 Å². The highest BCUT2D eigenvalue weighted by Gasteiger charge is 2.42. The van der Waals surface area contributed by atoms with Gasteiger partial charge in [0.05, 0.1) is 12.6 Å². The number of rotatable bonds is 6. The van der Waals surface area contributed by atoms with E-state index in [9.17, 15) is 18.4 Å². The van der Waals surface area contributed by atoms with E-state index < -0.39 is 30.8 Å². The average molecular weight is 376 g/mol. The van der Waals surface area contributed by atoms with Crippen molar-refractivity contribution < 1.29 is 18.4 Å². The second kappa shape index (κ2) is 9.10. The first-order valence-electron chi connectivity index (χ1n) is 8.09. The number of carbonyl (C=O) groups is 2. The summed E-state index contributed by atoms with van der Waals surface area (Å²) >= 11 is 0. The van der Waals surface area contributed by atoms with Crippen LogP contribution in [-0.4, -0.2) is 36.4 Å². The van der Waals surface area contributed by atoms with Crippen molar-refractivity contribution in [2.45, 2.75) is 51.2 Å². The molecular weight excluding hydrogens is 352 g/mol. The van der Waals surface area contributed by atoms with Crippen molar-refractivity contribution in [3.8, 4) is 0 Å². The molecule has 0 aliphatic carbocycles. The topological polar surface area (TPSA) is 70.2 Å². The maximum atomic E-state index is 13.1. The van der Waals surface area contributed by atoms with Crippen molar-refractivity contribution in [2.75, 3.05) is 6.54 Å². The van der Waals surface area contributed by atoms with Crippen molar-refractivity contribution >= 4 is 24.2 Å². The molecule has 2 atom stereocenters.